The standard InChI is InChI=1S/C12H11FINO2/c1-7-4-9(13)2-3-10(7)15-11(16)5-8(6-14)12(15)17/h2-4,8H,5-6H2,1H3. The molecule has 90 valence electrons. The third-order valence-corrected chi connectivity index (χ3v) is 3.89. The van der Waals surface area contributed by atoms with Crippen LogP contribution in [0.25, 0.3) is 0 Å². The molecule has 2 amide bonds. The summed E-state index contributed by atoms with van der Waals surface area (Å²) in [4.78, 5) is 25.0. The lowest BCUT2D eigenvalue weighted by molar-refractivity contribution is -0.122. The highest BCUT2D eigenvalue weighted by Crippen LogP contribution is 2.30. The Labute approximate surface area is 112 Å². The highest BCUT2D eigenvalue weighted by Gasteiger charge is 2.39. The molecule has 5 heteroatoms. The van der Waals surface area contributed by atoms with E-state index in [4.69, 9.17) is 0 Å². The van der Waals surface area contributed by atoms with Gasteiger partial charge in [-0.25, -0.2) is 4.39 Å². The van der Waals surface area contributed by atoms with E-state index in [1.165, 1.54) is 23.1 Å². The third kappa shape index (κ3) is 2.20. The number of anilines is 1. The Morgan fingerprint density at radius 3 is 2.71 bits per heavy atom. The summed E-state index contributed by atoms with van der Waals surface area (Å²) in [5.74, 6) is -0.992. The molecule has 3 nitrogen and oxygen atoms in total. The van der Waals surface area contributed by atoms with Crippen LogP contribution in [0.5, 0.6) is 0 Å². The number of hydrogen-bond acceptors (Lipinski definition) is 2. The molecule has 0 saturated carbocycles. The number of imide groups is 1. The molecule has 1 heterocycles. The number of nitrogens with zero attached hydrogens (tertiary/aromatic N) is 1. The van der Waals surface area contributed by atoms with Gasteiger partial charge in [0.25, 0.3) is 0 Å². The van der Waals surface area contributed by atoms with Crippen molar-refractivity contribution in [3.63, 3.8) is 0 Å². The van der Waals surface area contributed by atoms with Gasteiger partial charge in [0.2, 0.25) is 11.8 Å². The fourth-order valence-corrected chi connectivity index (χ4v) is 2.63. The summed E-state index contributed by atoms with van der Waals surface area (Å²) in [6, 6.07) is 4.07. The van der Waals surface area contributed by atoms with Crippen molar-refractivity contribution in [2.45, 2.75) is 13.3 Å². The number of alkyl halides is 1. The van der Waals surface area contributed by atoms with E-state index >= 15 is 0 Å². The molecule has 0 aromatic heterocycles. The first kappa shape index (κ1) is 12.5. The van der Waals surface area contributed by atoms with Crippen LogP contribution in [0.4, 0.5) is 10.1 Å². The largest absolute Gasteiger partial charge is 0.274 e. The number of aryl methyl sites for hydroxylation is 1. The molecule has 0 aliphatic carbocycles. The van der Waals surface area contributed by atoms with Gasteiger partial charge < -0.3 is 0 Å². The summed E-state index contributed by atoms with van der Waals surface area (Å²) in [5.41, 5.74) is 1.09. The van der Waals surface area contributed by atoms with Crippen molar-refractivity contribution >= 4 is 40.1 Å². The third-order valence-electron chi connectivity index (χ3n) is 2.83. The van der Waals surface area contributed by atoms with E-state index in [1.54, 1.807) is 6.92 Å². The highest BCUT2D eigenvalue weighted by molar-refractivity contribution is 14.1. The van der Waals surface area contributed by atoms with Crippen molar-refractivity contribution in [3.05, 3.63) is 29.6 Å². The fourth-order valence-electron chi connectivity index (χ4n) is 1.94. The Kier molecular flexibility index (Phi) is 3.46. The molecule has 17 heavy (non-hydrogen) atoms. The first-order valence-corrected chi connectivity index (χ1v) is 6.76. The van der Waals surface area contributed by atoms with Gasteiger partial charge in [0.05, 0.1) is 11.6 Å². The Hall–Kier alpha value is -0.980. The van der Waals surface area contributed by atoms with Gasteiger partial charge in [-0.15, -0.1) is 0 Å². The second-order valence-electron chi connectivity index (χ2n) is 4.05. The van der Waals surface area contributed by atoms with Crippen LogP contribution >= 0.6 is 22.6 Å². The molecule has 1 fully saturated rings. The second-order valence-corrected chi connectivity index (χ2v) is 4.93. The Morgan fingerprint density at radius 2 is 2.18 bits per heavy atom. The zero-order chi connectivity index (χ0) is 12.6. The molecule has 1 aromatic carbocycles. The highest BCUT2D eigenvalue weighted by atomic mass is 127. The summed E-state index contributed by atoms with van der Waals surface area (Å²) in [6.07, 6.45) is 0.249. The zero-order valence-corrected chi connectivity index (χ0v) is 11.4. The number of carbonyl (C=O) groups is 2. The minimum absolute atomic E-state index is 0.181. The van der Waals surface area contributed by atoms with Gasteiger partial charge in [0, 0.05) is 10.8 Å². The Morgan fingerprint density at radius 1 is 1.47 bits per heavy atom. The van der Waals surface area contributed by atoms with Crippen LogP contribution < -0.4 is 4.90 Å². The van der Waals surface area contributed by atoms with Crippen LogP contribution in [-0.4, -0.2) is 16.2 Å². The molecule has 1 aromatic rings. The topological polar surface area (TPSA) is 37.4 Å². The van der Waals surface area contributed by atoms with E-state index in [9.17, 15) is 14.0 Å². The van der Waals surface area contributed by atoms with Crippen LogP contribution in [0, 0.1) is 18.7 Å². The predicted octanol–water partition coefficient (Wildman–Crippen LogP) is 2.45. The molecule has 1 atom stereocenters. The molecule has 0 bridgehead atoms. The van der Waals surface area contributed by atoms with E-state index in [0.717, 1.165) is 0 Å². The molecule has 0 spiro atoms. The quantitative estimate of drug-likeness (QED) is 0.468. The number of hydrogen-bond donors (Lipinski definition) is 0. The van der Waals surface area contributed by atoms with E-state index in [-0.39, 0.29) is 30.0 Å². The van der Waals surface area contributed by atoms with Crippen LogP contribution in [0.2, 0.25) is 0 Å². The molecule has 1 aliphatic rings. The zero-order valence-electron chi connectivity index (χ0n) is 9.24. The lowest BCUT2D eigenvalue weighted by Gasteiger charge is -2.17. The van der Waals surface area contributed by atoms with Gasteiger partial charge in [0.1, 0.15) is 5.82 Å². The van der Waals surface area contributed by atoms with Crippen molar-refractivity contribution in [1.29, 1.82) is 0 Å². The fraction of sp³-hybridized carbons (Fsp3) is 0.333. The van der Waals surface area contributed by atoms with Crippen LogP contribution in [0.3, 0.4) is 0 Å². The van der Waals surface area contributed by atoms with Gasteiger partial charge in [0.15, 0.2) is 0 Å². The maximum Gasteiger partial charge on any atom is 0.238 e. The molecular weight excluding hydrogens is 336 g/mol. The Balaban J connectivity index is 2.40. The number of benzene rings is 1. The summed E-state index contributed by atoms with van der Waals surface area (Å²) >= 11 is 2.10. The average Bonchev–Trinajstić information content (AvgIpc) is 2.55. The second kappa shape index (κ2) is 4.72. The smallest absolute Gasteiger partial charge is 0.238 e. The average molecular weight is 347 g/mol. The molecule has 0 radical (unpaired) electrons. The van der Waals surface area contributed by atoms with Gasteiger partial charge in [-0.05, 0) is 30.7 Å². The SMILES string of the molecule is Cc1cc(F)ccc1N1C(=O)CC(CI)C1=O. The van der Waals surface area contributed by atoms with E-state index in [0.29, 0.717) is 15.7 Å². The molecule has 1 unspecified atom stereocenters. The first-order chi connectivity index (χ1) is 8.04. The van der Waals surface area contributed by atoms with Crippen molar-refractivity contribution in [2.24, 2.45) is 5.92 Å². The summed E-state index contributed by atoms with van der Waals surface area (Å²) in [6.45, 7) is 1.69. The summed E-state index contributed by atoms with van der Waals surface area (Å²) in [5, 5.41) is 0. The number of halogens is 2. The maximum atomic E-state index is 13.0. The van der Waals surface area contributed by atoms with Gasteiger partial charge >= 0.3 is 0 Å². The molecule has 0 N–H and O–H groups in total. The predicted molar refractivity (Wildman–Crippen MR) is 70.6 cm³/mol. The monoisotopic (exact) mass is 347 g/mol. The van der Waals surface area contributed by atoms with Crippen LogP contribution in [-0.2, 0) is 9.59 Å². The van der Waals surface area contributed by atoms with E-state index in [1.807, 2.05) is 0 Å². The lowest BCUT2D eigenvalue weighted by Crippen LogP contribution is -2.31. The van der Waals surface area contributed by atoms with Gasteiger partial charge in [-0.3, -0.25) is 14.5 Å². The van der Waals surface area contributed by atoms with E-state index < -0.39 is 0 Å². The molecular formula is C12H11FINO2. The summed E-state index contributed by atoms with van der Waals surface area (Å²) in [7, 11) is 0. The van der Waals surface area contributed by atoms with Crippen molar-refractivity contribution in [3.8, 4) is 0 Å². The van der Waals surface area contributed by atoms with Crippen molar-refractivity contribution < 1.29 is 14.0 Å². The number of carbonyl (C=O) groups excluding carboxylic acids is 2. The Bertz CT molecular complexity index is 489. The number of amides is 2. The van der Waals surface area contributed by atoms with Crippen molar-refractivity contribution in [1.82, 2.24) is 0 Å². The number of rotatable bonds is 2. The van der Waals surface area contributed by atoms with Gasteiger partial charge in [-0.1, -0.05) is 22.6 Å². The summed E-state index contributed by atoms with van der Waals surface area (Å²) < 4.78 is 13.6. The minimum Gasteiger partial charge on any atom is -0.274 e. The lowest BCUT2D eigenvalue weighted by atomic mass is 10.1. The molecule has 2 rings (SSSR count). The first-order valence-electron chi connectivity index (χ1n) is 5.23. The maximum absolute atomic E-state index is 13.0. The van der Waals surface area contributed by atoms with Crippen LogP contribution in [0.15, 0.2) is 18.2 Å². The van der Waals surface area contributed by atoms with Crippen molar-refractivity contribution in [2.75, 3.05) is 9.33 Å². The van der Waals surface area contributed by atoms with Crippen LogP contribution in [0.1, 0.15) is 12.0 Å². The minimum atomic E-state index is -0.365. The van der Waals surface area contributed by atoms with E-state index in [2.05, 4.69) is 22.6 Å². The molecule has 1 saturated heterocycles. The molecule has 1 aliphatic heterocycles. The normalized spacial score (nSPS) is 20.2. The van der Waals surface area contributed by atoms with Gasteiger partial charge in [-0.2, -0.15) is 0 Å².